The maximum atomic E-state index is 13.8. The minimum Gasteiger partial charge on any atom is -0.497 e. The zero-order valence-electron chi connectivity index (χ0n) is 17.8. The third-order valence-electron chi connectivity index (χ3n) is 4.98. The van der Waals surface area contributed by atoms with E-state index in [0.717, 1.165) is 37.8 Å². The first-order valence-electron chi connectivity index (χ1n) is 9.85. The first-order chi connectivity index (χ1) is 15.5. The van der Waals surface area contributed by atoms with Crippen LogP contribution >= 0.6 is 11.3 Å². The SMILES string of the molecule is COc1ccc2nc(-c3ccc(N/C=C\C(=O)c4ccc(OC)c(F)c4)c(C)c3)sc2c1. The number of aryl methyl sites for hydroxylation is 1. The Kier molecular flexibility index (Phi) is 6.18. The third kappa shape index (κ3) is 4.48. The highest BCUT2D eigenvalue weighted by Crippen LogP contribution is 2.33. The number of nitrogens with one attached hydrogen (secondary N) is 1. The summed E-state index contributed by atoms with van der Waals surface area (Å²) in [4.78, 5) is 17.0. The van der Waals surface area contributed by atoms with Crippen molar-refractivity contribution >= 4 is 33.0 Å². The first-order valence-corrected chi connectivity index (χ1v) is 10.7. The molecule has 1 aromatic heterocycles. The molecule has 0 amide bonds. The Morgan fingerprint density at radius 1 is 1.06 bits per heavy atom. The van der Waals surface area contributed by atoms with Crippen molar-refractivity contribution in [1.82, 2.24) is 4.98 Å². The van der Waals surface area contributed by atoms with Crippen LogP contribution in [0.25, 0.3) is 20.8 Å². The van der Waals surface area contributed by atoms with Crippen molar-refractivity contribution in [1.29, 1.82) is 0 Å². The molecule has 0 atom stereocenters. The van der Waals surface area contributed by atoms with E-state index < -0.39 is 5.82 Å². The molecule has 0 fully saturated rings. The zero-order chi connectivity index (χ0) is 22.7. The normalized spacial score (nSPS) is 11.1. The molecule has 0 saturated carbocycles. The Morgan fingerprint density at radius 2 is 1.91 bits per heavy atom. The van der Waals surface area contributed by atoms with Crippen molar-refractivity contribution in [3.05, 3.63) is 83.8 Å². The molecule has 1 heterocycles. The summed E-state index contributed by atoms with van der Waals surface area (Å²) in [5.41, 5.74) is 4.07. The van der Waals surface area contributed by atoms with Gasteiger partial charge in [-0.05, 0) is 67.1 Å². The van der Waals surface area contributed by atoms with E-state index in [1.165, 1.54) is 31.4 Å². The van der Waals surface area contributed by atoms with Crippen LogP contribution in [0.1, 0.15) is 15.9 Å². The standard InChI is InChI=1S/C25H21FN2O3S/c1-15-12-17(25-28-21-8-6-18(30-2)14-24(21)32-25)4-7-20(15)27-11-10-22(29)16-5-9-23(31-3)19(26)13-16/h4-14,27H,1-3H3/b11-10-. The second-order valence-corrected chi connectivity index (χ2v) is 8.10. The molecule has 7 heteroatoms. The van der Waals surface area contributed by atoms with Gasteiger partial charge in [0.25, 0.3) is 0 Å². The molecular formula is C25H21FN2O3S. The Morgan fingerprint density at radius 3 is 2.62 bits per heavy atom. The lowest BCUT2D eigenvalue weighted by molar-refractivity contribution is 0.104. The molecule has 4 rings (SSSR count). The largest absolute Gasteiger partial charge is 0.497 e. The summed E-state index contributed by atoms with van der Waals surface area (Å²) in [5.74, 6) is 0.0337. The lowest BCUT2D eigenvalue weighted by atomic mass is 10.1. The van der Waals surface area contributed by atoms with Crippen molar-refractivity contribution < 1.29 is 18.7 Å². The fraction of sp³-hybridized carbons (Fsp3) is 0.120. The second-order valence-electron chi connectivity index (χ2n) is 7.07. The molecule has 1 N–H and O–H groups in total. The van der Waals surface area contributed by atoms with Crippen LogP contribution < -0.4 is 14.8 Å². The smallest absolute Gasteiger partial charge is 0.187 e. The predicted molar refractivity (Wildman–Crippen MR) is 126 cm³/mol. The first kappa shape index (κ1) is 21.5. The van der Waals surface area contributed by atoms with E-state index in [9.17, 15) is 9.18 Å². The van der Waals surface area contributed by atoms with Crippen LogP contribution in [0.15, 0.2) is 66.9 Å². The number of carbonyl (C=O) groups is 1. The van der Waals surface area contributed by atoms with Gasteiger partial charge in [-0.3, -0.25) is 4.79 Å². The maximum Gasteiger partial charge on any atom is 0.187 e. The number of aromatic nitrogens is 1. The quantitative estimate of drug-likeness (QED) is 0.268. The van der Waals surface area contributed by atoms with Crippen LogP contribution in [0.5, 0.6) is 11.5 Å². The Hall–Kier alpha value is -3.71. The monoisotopic (exact) mass is 448 g/mol. The fourth-order valence-electron chi connectivity index (χ4n) is 3.24. The lowest BCUT2D eigenvalue weighted by Crippen LogP contribution is -1.99. The number of ether oxygens (including phenoxy) is 2. The van der Waals surface area contributed by atoms with Crippen LogP contribution in [0, 0.1) is 12.7 Å². The molecule has 0 radical (unpaired) electrons. The Balaban J connectivity index is 1.48. The second kappa shape index (κ2) is 9.20. The highest BCUT2D eigenvalue weighted by molar-refractivity contribution is 7.21. The molecule has 0 aliphatic heterocycles. The van der Waals surface area contributed by atoms with Gasteiger partial charge in [-0.2, -0.15) is 0 Å². The number of hydrogen-bond donors (Lipinski definition) is 1. The highest BCUT2D eigenvalue weighted by Gasteiger charge is 2.10. The number of anilines is 1. The Bertz CT molecular complexity index is 1330. The van der Waals surface area contributed by atoms with Gasteiger partial charge in [-0.1, -0.05) is 0 Å². The predicted octanol–water partition coefficient (Wildman–Crippen LogP) is 6.24. The van der Waals surface area contributed by atoms with Crippen molar-refractivity contribution in [3.63, 3.8) is 0 Å². The number of nitrogens with zero attached hydrogens (tertiary/aromatic N) is 1. The summed E-state index contributed by atoms with van der Waals surface area (Å²) in [6.07, 6.45) is 2.92. The van der Waals surface area contributed by atoms with Gasteiger partial charge < -0.3 is 14.8 Å². The fourth-order valence-corrected chi connectivity index (χ4v) is 4.23. The molecule has 32 heavy (non-hydrogen) atoms. The lowest BCUT2D eigenvalue weighted by Gasteiger charge is -2.07. The van der Waals surface area contributed by atoms with E-state index in [1.54, 1.807) is 24.6 Å². The van der Waals surface area contributed by atoms with Crippen molar-refractivity contribution in [2.45, 2.75) is 6.92 Å². The number of rotatable bonds is 7. The van der Waals surface area contributed by atoms with Crippen molar-refractivity contribution in [3.8, 4) is 22.1 Å². The summed E-state index contributed by atoms with van der Waals surface area (Å²) < 4.78 is 25.0. The number of allylic oxidation sites excluding steroid dienone is 1. The number of fused-ring (bicyclic) bond motifs is 1. The zero-order valence-corrected chi connectivity index (χ0v) is 18.6. The van der Waals surface area contributed by atoms with Gasteiger partial charge in [-0.25, -0.2) is 9.37 Å². The van der Waals surface area contributed by atoms with Gasteiger partial charge in [0, 0.05) is 29.1 Å². The molecule has 0 aliphatic rings. The van der Waals surface area contributed by atoms with Gasteiger partial charge in [0.1, 0.15) is 10.8 Å². The summed E-state index contributed by atoms with van der Waals surface area (Å²) in [5, 5.41) is 4.04. The van der Waals surface area contributed by atoms with Crippen molar-refractivity contribution in [2.24, 2.45) is 0 Å². The maximum absolute atomic E-state index is 13.8. The summed E-state index contributed by atoms with van der Waals surface area (Å²) in [6.45, 7) is 1.98. The topological polar surface area (TPSA) is 60.5 Å². The van der Waals surface area contributed by atoms with E-state index >= 15 is 0 Å². The van der Waals surface area contributed by atoms with Gasteiger partial charge in [0.05, 0.1) is 24.4 Å². The van der Waals surface area contributed by atoms with E-state index in [-0.39, 0.29) is 17.1 Å². The average Bonchev–Trinajstić information content (AvgIpc) is 3.23. The molecule has 0 spiro atoms. The van der Waals surface area contributed by atoms with Crippen LogP contribution in [-0.4, -0.2) is 25.0 Å². The molecular weight excluding hydrogens is 427 g/mol. The van der Waals surface area contributed by atoms with E-state index in [1.807, 2.05) is 43.3 Å². The molecule has 0 saturated heterocycles. The summed E-state index contributed by atoms with van der Waals surface area (Å²) in [7, 11) is 3.03. The number of carbonyl (C=O) groups excluding carboxylic acids is 1. The van der Waals surface area contributed by atoms with Crippen molar-refractivity contribution in [2.75, 3.05) is 19.5 Å². The van der Waals surface area contributed by atoms with E-state index in [4.69, 9.17) is 14.5 Å². The van der Waals surface area contributed by atoms with E-state index in [2.05, 4.69) is 5.32 Å². The van der Waals surface area contributed by atoms with Crippen LogP contribution in [-0.2, 0) is 0 Å². The number of ketones is 1. The summed E-state index contributed by atoms with van der Waals surface area (Å²) >= 11 is 1.61. The van der Waals surface area contributed by atoms with Crippen LogP contribution in [0.3, 0.4) is 0 Å². The number of thiazole rings is 1. The van der Waals surface area contributed by atoms with E-state index in [0.29, 0.717) is 0 Å². The van der Waals surface area contributed by atoms with Gasteiger partial charge in [0.2, 0.25) is 0 Å². The van der Waals surface area contributed by atoms with Crippen LogP contribution in [0.2, 0.25) is 0 Å². The number of benzene rings is 3. The van der Waals surface area contributed by atoms with Gasteiger partial charge >= 0.3 is 0 Å². The van der Waals surface area contributed by atoms with Crippen LogP contribution in [0.4, 0.5) is 10.1 Å². The molecule has 3 aromatic carbocycles. The number of hydrogen-bond acceptors (Lipinski definition) is 6. The molecule has 0 bridgehead atoms. The highest BCUT2D eigenvalue weighted by atomic mass is 32.1. The molecule has 5 nitrogen and oxygen atoms in total. The number of halogens is 1. The number of methoxy groups -OCH3 is 2. The molecule has 0 unspecified atom stereocenters. The van der Waals surface area contributed by atoms with Gasteiger partial charge in [0.15, 0.2) is 17.3 Å². The third-order valence-corrected chi connectivity index (χ3v) is 6.05. The molecule has 162 valence electrons. The minimum absolute atomic E-state index is 0.103. The Labute approximate surface area is 189 Å². The summed E-state index contributed by atoms with van der Waals surface area (Å²) in [6, 6.07) is 15.9. The molecule has 4 aromatic rings. The van der Waals surface area contributed by atoms with Gasteiger partial charge in [-0.15, -0.1) is 11.3 Å². The minimum atomic E-state index is -0.570. The molecule has 0 aliphatic carbocycles. The average molecular weight is 449 g/mol.